The van der Waals surface area contributed by atoms with E-state index in [9.17, 15) is 13.2 Å². The van der Waals surface area contributed by atoms with Gasteiger partial charge in [0.1, 0.15) is 11.8 Å². The molecule has 0 saturated heterocycles. The highest BCUT2D eigenvalue weighted by Gasteiger charge is 2.28. The Balaban J connectivity index is 1.91. The largest absolute Gasteiger partial charge is 0.494 e. The fourth-order valence-electron chi connectivity index (χ4n) is 3.07. The fourth-order valence-corrected chi connectivity index (χ4v) is 4.25. The zero-order valence-corrected chi connectivity index (χ0v) is 18.3. The first-order valence-corrected chi connectivity index (χ1v) is 11.6. The first-order valence-electron chi connectivity index (χ1n) is 9.78. The Morgan fingerprint density at radius 3 is 2.28 bits per heavy atom. The molecule has 1 N–H and O–H groups in total. The van der Waals surface area contributed by atoms with E-state index in [1.165, 1.54) is 0 Å². The molecule has 6 nitrogen and oxygen atoms in total. The van der Waals surface area contributed by atoms with Gasteiger partial charge in [-0.2, -0.15) is 0 Å². The summed E-state index contributed by atoms with van der Waals surface area (Å²) in [5.41, 5.74) is 2.66. The number of hydrogen-bond acceptors (Lipinski definition) is 4. The second kappa shape index (κ2) is 10.3. The molecule has 0 saturated carbocycles. The zero-order valence-electron chi connectivity index (χ0n) is 17.5. The number of carbonyl (C=O) groups excluding carboxylic acids is 1. The van der Waals surface area contributed by atoms with Gasteiger partial charge in [0.05, 0.1) is 18.6 Å². The molecule has 7 heteroatoms. The molecule has 0 aliphatic carbocycles. The summed E-state index contributed by atoms with van der Waals surface area (Å²) in [5, 5.41) is 2.85. The molecule has 2 rings (SSSR count). The maximum absolute atomic E-state index is 12.6. The molecule has 158 valence electrons. The van der Waals surface area contributed by atoms with Gasteiger partial charge in [-0.15, -0.1) is 0 Å². The monoisotopic (exact) mass is 418 g/mol. The Hall–Kier alpha value is -2.54. The van der Waals surface area contributed by atoms with Crippen LogP contribution in [-0.4, -0.2) is 39.8 Å². The molecule has 2 aromatic carbocycles. The van der Waals surface area contributed by atoms with Gasteiger partial charge in [-0.25, -0.2) is 8.42 Å². The maximum Gasteiger partial charge on any atom is 0.243 e. The first kappa shape index (κ1) is 22.7. The van der Waals surface area contributed by atoms with Crippen molar-refractivity contribution in [3.8, 4) is 5.75 Å². The van der Waals surface area contributed by atoms with E-state index < -0.39 is 16.1 Å². The third kappa shape index (κ3) is 6.78. The van der Waals surface area contributed by atoms with Crippen molar-refractivity contribution in [2.24, 2.45) is 0 Å². The van der Waals surface area contributed by atoms with Gasteiger partial charge < -0.3 is 10.1 Å². The molecule has 0 aromatic heterocycles. The van der Waals surface area contributed by atoms with Crippen LogP contribution in [0.1, 0.15) is 31.4 Å². The minimum atomic E-state index is -3.60. The van der Waals surface area contributed by atoms with Crippen LogP contribution in [0.5, 0.6) is 5.75 Å². The number of rotatable bonds is 10. The summed E-state index contributed by atoms with van der Waals surface area (Å²) in [5.74, 6) is 0.526. The van der Waals surface area contributed by atoms with Crippen LogP contribution in [0.2, 0.25) is 0 Å². The Labute approximate surface area is 173 Å². The summed E-state index contributed by atoms with van der Waals surface area (Å²) in [6.45, 7) is 6.58. The maximum atomic E-state index is 12.6. The quantitative estimate of drug-likeness (QED) is 0.601. The number of carbonyl (C=O) groups is 1. The molecule has 0 heterocycles. The lowest BCUT2D eigenvalue weighted by Gasteiger charge is -2.28. The normalized spacial score (nSPS) is 12.3. The van der Waals surface area contributed by atoms with Crippen molar-refractivity contribution in [2.45, 2.75) is 39.7 Å². The summed E-state index contributed by atoms with van der Waals surface area (Å²) in [6, 6.07) is 14.1. The summed E-state index contributed by atoms with van der Waals surface area (Å²) in [4.78, 5) is 12.6. The number of nitrogens with one attached hydrogen (secondary N) is 1. The lowest BCUT2D eigenvalue weighted by atomic mass is 10.1. The Bertz CT molecular complexity index is 893. The van der Waals surface area contributed by atoms with Crippen LogP contribution in [0.4, 0.5) is 5.69 Å². The minimum Gasteiger partial charge on any atom is -0.494 e. The number of hydrogen-bond donors (Lipinski definition) is 1. The molecule has 0 aliphatic heterocycles. The SMILES string of the molecule is CCOc1ccc(CCCNC(=O)[C@@H](C)N(c2ccc(C)cc2)S(C)(=O)=O)cc1. The predicted molar refractivity (Wildman–Crippen MR) is 117 cm³/mol. The highest BCUT2D eigenvalue weighted by Crippen LogP contribution is 2.21. The second-order valence-electron chi connectivity index (χ2n) is 7.04. The van der Waals surface area contributed by atoms with Gasteiger partial charge in [-0.3, -0.25) is 9.10 Å². The predicted octanol–water partition coefficient (Wildman–Crippen LogP) is 3.30. The molecular formula is C22H30N2O4S. The van der Waals surface area contributed by atoms with Crippen molar-refractivity contribution in [3.05, 3.63) is 59.7 Å². The van der Waals surface area contributed by atoms with E-state index in [-0.39, 0.29) is 5.91 Å². The topological polar surface area (TPSA) is 75.7 Å². The summed E-state index contributed by atoms with van der Waals surface area (Å²) >= 11 is 0. The van der Waals surface area contributed by atoms with Gasteiger partial charge in [-0.1, -0.05) is 29.8 Å². The fraction of sp³-hybridized carbons (Fsp3) is 0.409. The number of ether oxygens (including phenoxy) is 1. The van der Waals surface area contributed by atoms with E-state index in [0.717, 1.165) is 40.3 Å². The first-order chi connectivity index (χ1) is 13.7. The third-order valence-electron chi connectivity index (χ3n) is 4.55. The van der Waals surface area contributed by atoms with Gasteiger partial charge in [0.15, 0.2) is 0 Å². The average Bonchev–Trinajstić information content (AvgIpc) is 2.67. The standard InChI is InChI=1S/C22H30N2O4S/c1-5-28-21-14-10-19(11-15-21)7-6-16-23-22(25)18(3)24(29(4,26)27)20-12-8-17(2)9-13-20/h8-15,18H,5-7,16H2,1-4H3,(H,23,25)/t18-/m1/s1. The van der Waals surface area contributed by atoms with Crippen molar-refractivity contribution in [1.82, 2.24) is 5.32 Å². The van der Waals surface area contributed by atoms with Crippen molar-refractivity contribution in [2.75, 3.05) is 23.7 Å². The molecular weight excluding hydrogens is 388 g/mol. The number of nitrogens with zero attached hydrogens (tertiary/aromatic N) is 1. The number of sulfonamides is 1. The van der Waals surface area contributed by atoms with E-state index in [4.69, 9.17) is 4.74 Å². The molecule has 0 fully saturated rings. The third-order valence-corrected chi connectivity index (χ3v) is 5.79. The zero-order chi connectivity index (χ0) is 21.4. The van der Waals surface area contributed by atoms with E-state index in [0.29, 0.717) is 18.8 Å². The molecule has 0 radical (unpaired) electrons. The number of anilines is 1. The van der Waals surface area contributed by atoms with E-state index >= 15 is 0 Å². The molecule has 0 aliphatic rings. The van der Waals surface area contributed by atoms with Crippen molar-refractivity contribution in [1.29, 1.82) is 0 Å². The highest BCUT2D eigenvalue weighted by atomic mass is 32.2. The van der Waals surface area contributed by atoms with Gasteiger partial charge in [0.2, 0.25) is 15.9 Å². The van der Waals surface area contributed by atoms with Crippen LogP contribution < -0.4 is 14.4 Å². The number of amides is 1. The number of benzene rings is 2. The summed E-state index contributed by atoms with van der Waals surface area (Å²) in [7, 11) is -3.60. The van der Waals surface area contributed by atoms with Gasteiger partial charge >= 0.3 is 0 Å². The van der Waals surface area contributed by atoms with Crippen LogP contribution in [0.15, 0.2) is 48.5 Å². The average molecular weight is 419 g/mol. The molecule has 0 unspecified atom stereocenters. The number of aryl methyl sites for hydroxylation is 2. The van der Waals surface area contributed by atoms with Gasteiger partial charge in [0.25, 0.3) is 0 Å². The molecule has 1 amide bonds. The van der Waals surface area contributed by atoms with Gasteiger partial charge in [0, 0.05) is 6.54 Å². The summed E-state index contributed by atoms with van der Waals surface area (Å²) < 4.78 is 31.2. The molecule has 29 heavy (non-hydrogen) atoms. The van der Waals surface area contributed by atoms with Crippen LogP contribution in [0.25, 0.3) is 0 Å². The Morgan fingerprint density at radius 1 is 1.10 bits per heavy atom. The van der Waals surface area contributed by atoms with E-state index in [2.05, 4.69) is 5.32 Å². The summed E-state index contributed by atoms with van der Waals surface area (Å²) in [6.07, 6.45) is 2.69. The lowest BCUT2D eigenvalue weighted by molar-refractivity contribution is -0.121. The van der Waals surface area contributed by atoms with E-state index in [1.54, 1.807) is 19.1 Å². The Kier molecular flexibility index (Phi) is 8.08. The van der Waals surface area contributed by atoms with Crippen molar-refractivity contribution < 1.29 is 17.9 Å². The molecule has 2 aromatic rings. The van der Waals surface area contributed by atoms with Crippen LogP contribution >= 0.6 is 0 Å². The van der Waals surface area contributed by atoms with Gasteiger partial charge in [-0.05, 0) is 63.4 Å². The Morgan fingerprint density at radius 2 is 1.72 bits per heavy atom. The molecule has 0 bridgehead atoms. The minimum absolute atomic E-state index is 0.317. The van der Waals surface area contributed by atoms with E-state index in [1.807, 2.05) is 50.2 Å². The van der Waals surface area contributed by atoms with Crippen LogP contribution in [-0.2, 0) is 21.2 Å². The lowest BCUT2D eigenvalue weighted by Crippen LogP contribution is -2.48. The van der Waals surface area contributed by atoms with Crippen LogP contribution in [0.3, 0.4) is 0 Å². The smallest absolute Gasteiger partial charge is 0.243 e. The van der Waals surface area contributed by atoms with Crippen molar-refractivity contribution >= 4 is 21.6 Å². The second-order valence-corrected chi connectivity index (χ2v) is 8.90. The highest BCUT2D eigenvalue weighted by molar-refractivity contribution is 7.92. The van der Waals surface area contributed by atoms with Crippen molar-refractivity contribution in [3.63, 3.8) is 0 Å². The molecule has 1 atom stereocenters. The molecule has 0 spiro atoms. The van der Waals surface area contributed by atoms with Crippen LogP contribution in [0, 0.1) is 6.92 Å².